The number of nitrogens with zero attached hydrogens (tertiary/aromatic N) is 13. The maximum Gasteiger partial charge on any atom is 0.164 e. The fourth-order valence-electron chi connectivity index (χ4n) is 16.7. The lowest BCUT2D eigenvalue weighted by Gasteiger charge is -2.17. The molecule has 5 heterocycles. The van der Waals surface area contributed by atoms with Gasteiger partial charge in [0.2, 0.25) is 0 Å². The SMILES string of the molecule is C=C(/N=C(\N=C(/C)c1ccc(C)cc1)c1ccc(C)cc1)c1cccc(-c2ccc(-c3cccc(-c4nc(-c5ccccc5)nc(-c5cccc(-c6ccc(-c7nc(-c8ccc(C)cc8)nc(-c8ccccc8-c8ccc(-c9ccc(-c%10nc(-c%11ccccc%11C)nc(-c%11ccccc%11C)n%10)cc9)cc8-c8cc(C)nc(C)c8)n7)cc6)c5)n4)c3)cc2-c2ccc(C)nc2C)c1. The highest BCUT2D eigenvalue weighted by molar-refractivity contribution is 6.13. The normalized spacial score (nSPS) is 11.6. The van der Waals surface area contributed by atoms with Crippen molar-refractivity contribution in [3.63, 3.8) is 0 Å². The van der Waals surface area contributed by atoms with Crippen LogP contribution >= 0.6 is 0 Å². The summed E-state index contributed by atoms with van der Waals surface area (Å²) in [6, 6.07) is 124. The molecule has 130 heavy (non-hydrogen) atoms. The van der Waals surface area contributed by atoms with E-state index in [-0.39, 0.29) is 0 Å². The molecule has 19 aromatic rings. The van der Waals surface area contributed by atoms with Crippen molar-refractivity contribution in [1.29, 1.82) is 0 Å². The first-order chi connectivity index (χ1) is 63.3. The zero-order chi connectivity index (χ0) is 89.0. The Balaban J connectivity index is 0.637. The molecular weight excluding hydrogens is 1590 g/mol. The Labute approximate surface area is 758 Å². The van der Waals surface area contributed by atoms with Gasteiger partial charge in [-0.3, -0.25) is 9.97 Å². The zero-order valence-corrected chi connectivity index (χ0v) is 74.1. The van der Waals surface area contributed by atoms with Crippen LogP contribution in [0.1, 0.15) is 74.2 Å². The summed E-state index contributed by atoms with van der Waals surface area (Å²) in [5, 5.41) is 0. The molecule has 0 saturated carbocycles. The first-order valence-corrected chi connectivity index (χ1v) is 43.7. The minimum Gasteiger partial charge on any atom is -0.258 e. The summed E-state index contributed by atoms with van der Waals surface area (Å²) >= 11 is 0. The molecule has 5 aromatic heterocycles. The molecule has 0 amide bonds. The third kappa shape index (κ3) is 17.9. The summed E-state index contributed by atoms with van der Waals surface area (Å²) in [6.07, 6.45) is 0. The van der Waals surface area contributed by atoms with E-state index >= 15 is 0 Å². The molecule has 14 aromatic carbocycles. The van der Waals surface area contributed by atoms with Crippen molar-refractivity contribution in [3.05, 3.63) is 432 Å². The van der Waals surface area contributed by atoms with E-state index in [0.29, 0.717) is 64.0 Å². The Morgan fingerprint density at radius 1 is 0.200 bits per heavy atom. The Hall–Kier alpha value is -16.5. The van der Waals surface area contributed by atoms with Crippen LogP contribution in [-0.2, 0) is 0 Å². The third-order valence-corrected chi connectivity index (χ3v) is 23.8. The molecule has 0 bridgehead atoms. The summed E-state index contributed by atoms with van der Waals surface area (Å²) in [7, 11) is 0. The van der Waals surface area contributed by atoms with Gasteiger partial charge in [0, 0.05) is 95.2 Å². The number of benzene rings is 14. The summed E-state index contributed by atoms with van der Waals surface area (Å²) < 4.78 is 0. The second-order valence-corrected chi connectivity index (χ2v) is 33.3. The topological polar surface area (TPSA) is 167 Å². The molecule has 0 atom stereocenters. The van der Waals surface area contributed by atoms with Gasteiger partial charge in [-0.25, -0.2) is 54.8 Å². The molecule has 0 saturated heterocycles. The lowest BCUT2D eigenvalue weighted by molar-refractivity contribution is 1.07. The zero-order valence-electron chi connectivity index (χ0n) is 74.1. The lowest BCUT2D eigenvalue weighted by atomic mass is 9.88. The van der Waals surface area contributed by atoms with E-state index in [9.17, 15) is 0 Å². The molecule has 19 rings (SSSR count). The van der Waals surface area contributed by atoms with E-state index in [1.165, 1.54) is 5.56 Å². The van der Waals surface area contributed by atoms with Crippen LogP contribution in [0.2, 0.25) is 0 Å². The average molecular weight is 1680 g/mol. The minimum absolute atomic E-state index is 0.534. The Bertz CT molecular complexity index is 7540. The number of hydrogen-bond donors (Lipinski definition) is 0. The first kappa shape index (κ1) is 83.1. The number of aryl methyl sites for hydroxylation is 9. The molecule has 0 radical (unpaired) electrons. The average Bonchev–Trinajstić information content (AvgIpc) is 0.816. The highest BCUT2D eigenvalue weighted by Crippen LogP contribution is 2.44. The quantitative estimate of drug-likeness (QED) is 0.0526. The van der Waals surface area contributed by atoms with Gasteiger partial charge in [-0.2, -0.15) is 0 Å². The molecule has 13 nitrogen and oxygen atoms in total. The van der Waals surface area contributed by atoms with Crippen LogP contribution in [0, 0.1) is 62.3 Å². The van der Waals surface area contributed by atoms with E-state index in [4.69, 9.17) is 64.8 Å². The summed E-state index contributed by atoms with van der Waals surface area (Å²) in [6.45, 7) is 25.2. The number of aliphatic imine (C=N–C) groups is 2. The van der Waals surface area contributed by atoms with E-state index < -0.39 is 0 Å². The predicted molar refractivity (Wildman–Crippen MR) is 532 cm³/mol. The van der Waals surface area contributed by atoms with Crippen molar-refractivity contribution in [1.82, 2.24) is 54.8 Å². The van der Waals surface area contributed by atoms with Gasteiger partial charge in [-0.15, -0.1) is 0 Å². The minimum atomic E-state index is 0.534. The standard InChI is InChI=1S/C117H91N13/c1-71-38-45-82(46-39-71)79(9)120-108(86-47-40-72(2)41-48-86)121-80(10)90-28-21-31-95(66-90)102-62-59-94(70-107(102)101-61-44-76(6)119-81(101)11)92-30-23-33-97(68-92)114-124-109(85-26-13-12-14-27-85)123-113(125-114)96-32-22-29-91(67-96)83-51-55-88(56-52-83)111-122-110(87-49-42-73(3)43-50-87)128-117(129-111)105-37-20-19-36-103(105)104-63-60-93(69-106(104)98-64-77(7)118-78(8)65-98)84-53-57-89(58-54-84)112-126-115(99-34-17-15-24-74(99)4)130-116(127-112)100-35-18-16-25-75(100)5/h12-70H,10H2,1-9,11H3/b120-79+,121-108-. The van der Waals surface area contributed by atoms with Crippen molar-refractivity contribution in [2.24, 2.45) is 9.98 Å². The van der Waals surface area contributed by atoms with Crippen molar-refractivity contribution >= 4 is 17.2 Å². The van der Waals surface area contributed by atoms with Gasteiger partial charge >= 0.3 is 0 Å². The van der Waals surface area contributed by atoms with Gasteiger partial charge in [0.1, 0.15) is 0 Å². The second-order valence-electron chi connectivity index (χ2n) is 33.3. The highest BCUT2D eigenvalue weighted by Gasteiger charge is 2.24. The molecule has 0 aliphatic rings. The van der Waals surface area contributed by atoms with Crippen LogP contribution in [0.25, 0.3) is 186 Å². The number of hydrogen-bond acceptors (Lipinski definition) is 12. The number of aromatic nitrogens is 11. The summed E-state index contributed by atoms with van der Waals surface area (Å²) in [5.41, 5.74) is 35.7. The fourth-order valence-corrected chi connectivity index (χ4v) is 16.7. The van der Waals surface area contributed by atoms with Crippen molar-refractivity contribution in [2.75, 3.05) is 0 Å². The molecule has 0 unspecified atom stereocenters. The Morgan fingerprint density at radius 3 is 1.10 bits per heavy atom. The lowest BCUT2D eigenvalue weighted by Crippen LogP contribution is -2.04. The van der Waals surface area contributed by atoms with Crippen LogP contribution in [-0.4, -0.2) is 66.4 Å². The van der Waals surface area contributed by atoms with Crippen LogP contribution in [0.15, 0.2) is 374 Å². The van der Waals surface area contributed by atoms with Crippen LogP contribution < -0.4 is 0 Å². The largest absolute Gasteiger partial charge is 0.258 e. The smallest absolute Gasteiger partial charge is 0.164 e. The van der Waals surface area contributed by atoms with Gasteiger partial charge in [0.25, 0.3) is 0 Å². The maximum absolute atomic E-state index is 5.42. The van der Waals surface area contributed by atoms with E-state index in [1.807, 2.05) is 82.3 Å². The van der Waals surface area contributed by atoms with Crippen molar-refractivity contribution in [3.8, 4) is 180 Å². The van der Waals surface area contributed by atoms with Gasteiger partial charge in [0.05, 0.1) is 5.70 Å². The molecule has 0 N–H and O–H groups in total. The summed E-state index contributed by atoms with van der Waals surface area (Å²) in [4.78, 5) is 67.4. The molecular formula is C117H91N13. The van der Waals surface area contributed by atoms with Gasteiger partial charge < -0.3 is 0 Å². The molecule has 624 valence electrons. The number of amidine groups is 1. The monoisotopic (exact) mass is 1680 g/mol. The van der Waals surface area contributed by atoms with E-state index in [1.54, 1.807) is 0 Å². The van der Waals surface area contributed by atoms with E-state index in [2.05, 4.69) is 351 Å². The van der Waals surface area contributed by atoms with E-state index in [0.717, 1.165) is 195 Å². The third-order valence-electron chi connectivity index (χ3n) is 23.8. The molecule has 13 heteroatoms. The van der Waals surface area contributed by atoms with Crippen LogP contribution in [0.3, 0.4) is 0 Å². The predicted octanol–water partition coefficient (Wildman–Crippen LogP) is 28.4. The van der Waals surface area contributed by atoms with Gasteiger partial charge in [0.15, 0.2) is 58.3 Å². The number of rotatable bonds is 20. The fraction of sp³-hybridized carbons (Fsp3) is 0.0855. The van der Waals surface area contributed by atoms with Crippen LogP contribution in [0.5, 0.6) is 0 Å². The maximum atomic E-state index is 5.42. The number of pyridine rings is 2. The second kappa shape index (κ2) is 36.2. The van der Waals surface area contributed by atoms with Crippen LogP contribution in [0.4, 0.5) is 0 Å². The Kier molecular flexibility index (Phi) is 23.1. The van der Waals surface area contributed by atoms with Gasteiger partial charge in [-0.05, 0) is 207 Å². The Morgan fingerprint density at radius 2 is 0.562 bits per heavy atom. The molecule has 0 aliphatic carbocycles. The van der Waals surface area contributed by atoms with Crippen molar-refractivity contribution in [2.45, 2.75) is 69.2 Å². The molecule has 0 spiro atoms. The molecule has 0 fully saturated rings. The summed E-state index contributed by atoms with van der Waals surface area (Å²) in [5.74, 6) is 5.71. The molecule has 0 aliphatic heterocycles. The highest BCUT2D eigenvalue weighted by atomic mass is 15.1. The van der Waals surface area contributed by atoms with Gasteiger partial charge in [-0.1, -0.05) is 333 Å². The first-order valence-electron chi connectivity index (χ1n) is 43.7. The van der Waals surface area contributed by atoms with Crippen molar-refractivity contribution < 1.29 is 0 Å².